The molecule has 1 aromatic carbocycles. The van der Waals surface area contributed by atoms with Crippen LogP contribution in [0.25, 0.3) is 0 Å². The number of hydrogen-bond donors (Lipinski definition) is 0. The maximum absolute atomic E-state index is 13.2. The van der Waals surface area contributed by atoms with Gasteiger partial charge in [-0.15, -0.1) is 0 Å². The molecule has 2 rings (SSSR count). The van der Waals surface area contributed by atoms with E-state index in [-0.39, 0.29) is 23.3 Å². The number of carbonyl (C=O) groups is 2. The van der Waals surface area contributed by atoms with Gasteiger partial charge in [-0.05, 0) is 44.4 Å². The minimum atomic E-state index is -1.03. The van der Waals surface area contributed by atoms with Crippen LogP contribution in [0.4, 0.5) is 8.78 Å². The van der Waals surface area contributed by atoms with Crippen molar-refractivity contribution in [2.75, 3.05) is 6.54 Å². The fraction of sp³-hybridized carbons (Fsp3) is 0.467. The molecule has 1 amide bonds. The van der Waals surface area contributed by atoms with Crippen molar-refractivity contribution >= 4 is 11.7 Å². The SMILES string of the molecule is CC(=O)CC1CCCCN1C(=O)c1ccc(F)c(F)c1. The number of carbonyl (C=O) groups excluding carboxylic acids is 2. The summed E-state index contributed by atoms with van der Waals surface area (Å²) in [6.07, 6.45) is 2.92. The number of ketones is 1. The number of benzene rings is 1. The fourth-order valence-electron chi connectivity index (χ4n) is 2.61. The molecule has 0 aliphatic carbocycles. The molecule has 20 heavy (non-hydrogen) atoms. The number of amides is 1. The number of piperidine rings is 1. The minimum absolute atomic E-state index is 0.0278. The second-order valence-electron chi connectivity index (χ2n) is 5.18. The topological polar surface area (TPSA) is 37.4 Å². The van der Waals surface area contributed by atoms with Gasteiger partial charge in [0.1, 0.15) is 5.78 Å². The zero-order chi connectivity index (χ0) is 14.7. The van der Waals surface area contributed by atoms with Crippen molar-refractivity contribution in [3.8, 4) is 0 Å². The first kappa shape index (κ1) is 14.6. The molecule has 1 saturated heterocycles. The first-order chi connectivity index (χ1) is 9.49. The number of halogens is 2. The molecule has 5 heteroatoms. The first-order valence-corrected chi connectivity index (χ1v) is 6.74. The lowest BCUT2D eigenvalue weighted by Gasteiger charge is -2.35. The first-order valence-electron chi connectivity index (χ1n) is 6.74. The molecule has 0 bridgehead atoms. The summed E-state index contributed by atoms with van der Waals surface area (Å²) < 4.78 is 26.1. The third kappa shape index (κ3) is 3.21. The molecule has 0 spiro atoms. The van der Waals surface area contributed by atoms with Crippen molar-refractivity contribution in [1.29, 1.82) is 0 Å². The van der Waals surface area contributed by atoms with Crippen molar-refractivity contribution in [3.05, 3.63) is 35.4 Å². The van der Waals surface area contributed by atoms with Crippen molar-refractivity contribution in [2.24, 2.45) is 0 Å². The lowest BCUT2D eigenvalue weighted by molar-refractivity contribution is -0.118. The van der Waals surface area contributed by atoms with Gasteiger partial charge in [-0.1, -0.05) is 0 Å². The van der Waals surface area contributed by atoms with Gasteiger partial charge in [0.05, 0.1) is 0 Å². The smallest absolute Gasteiger partial charge is 0.254 e. The van der Waals surface area contributed by atoms with E-state index in [1.165, 1.54) is 13.0 Å². The summed E-state index contributed by atoms with van der Waals surface area (Å²) in [5, 5.41) is 0. The van der Waals surface area contributed by atoms with Crippen molar-refractivity contribution in [3.63, 3.8) is 0 Å². The van der Waals surface area contributed by atoms with Gasteiger partial charge >= 0.3 is 0 Å². The Morgan fingerprint density at radius 2 is 2.00 bits per heavy atom. The fourth-order valence-corrected chi connectivity index (χ4v) is 2.61. The predicted molar refractivity (Wildman–Crippen MR) is 70.3 cm³/mol. The van der Waals surface area contributed by atoms with Crippen LogP contribution in [0.15, 0.2) is 18.2 Å². The molecule has 0 N–H and O–H groups in total. The summed E-state index contributed by atoms with van der Waals surface area (Å²) in [7, 11) is 0. The van der Waals surface area contributed by atoms with Crippen molar-refractivity contribution < 1.29 is 18.4 Å². The number of likely N-dealkylation sites (tertiary alicyclic amines) is 1. The number of Topliss-reactive ketones (excluding diaryl/α,β-unsaturated/α-hetero) is 1. The highest BCUT2D eigenvalue weighted by Gasteiger charge is 2.28. The number of nitrogens with zero attached hydrogens (tertiary/aromatic N) is 1. The Bertz CT molecular complexity index is 531. The van der Waals surface area contributed by atoms with E-state index in [4.69, 9.17) is 0 Å². The summed E-state index contributed by atoms with van der Waals surface area (Å²) in [6, 6.07) is 3.01. The molecule has 1 unspecified atom stereocenters. The zero-order valence-corrected chi connectivity index (χ0v) is 11.4. The third-order valence-electron chi connectivity index (χ3n) is 3.58. The maximum Gasteiger partial charge on any atom is 0.254 e. The molecule has 1 heterocycles. The van der Waals surface area contributed by atoms with Crippen LogP contribution in [-0.2, 0) is 4.79 Å². The highest BCUT2D eigenvalue weighted by atomic mass is 19.2. The van der Waals surface area contributed by atoms with Gasteiger partial charge in [-0.3, -0.25) is 9.59 Å². The average Bonchev–Trinajstić information content (AvgIpc) is 2.41. The van der Waals surface area contributed by atoms with E-state index >= 15 is 0 Å². The van der Waals surface area contributed by atoms with E-state index in [1.807, 2.05) is 0 Å². The van der Waals surface area contributed by atoms with E-state index < -0.39 is 11.6 Å². The summed E-state index contributed by atoms with van der Waals surface area (Å²) in [5.41, 5.74) is 0.124. The van der Waals surface area contributed by atoms with Crippen LogP contribution < -0.4 is 0 Å². The standard InChI is InChI=1S/C15H17F2NO2/c1-10(19)8-12-4-2-3-7-18(12)15(20)11-5-6-13(16)14(17)9-11/h5-6,9,12H,2-4,7-8H2,1H3. The molecule has 108 valence electrons. The van der Waals surface area contributed by atoms with E-state index in [2.05, 4.69) is 0 Å². The molecule has 1 fully saturated rings. The molecule has 0 aromatic heterocycles. The molecular weight excluding hydrogens is 264 g/mol. The minimum Gasteiger partial charge on any atom is -0.335 e. The van der Waals surface area contributed by atoms with Crippen LogP contribution in [0.5, 0.6) is 0 Å². The van der Waals surface area contributed by atoms with Gasteiger partial charge in [0, 0.05) is 24.6 Å². The Labute approximate surface area is 116 Å². The second-order valence-corrected chi connectivity index (χ2v) is 5.18. The maximum atomic E-state index is 13.2. The summed E-state index contributed by atoms with van der Waals surface area (Å²) in [4.78, 5) is 25.3. The van der Waals surface area contributed by atoms with Gasteiger partial charge in [0.2, 0.25) is 0 Å². The van der Waals surface area contributed by atoms with E-state index in [0.29, 0.717) is 13.0 Å². The number of rotatable bonds is 3. The lowest BCUT2D eigenvalue weighted by Crippen LogP contribution is -2.44. The summed E-state index contributed by atoms with van der Waals surface area (Å²) in [5.74, 6) is -2.31. The Morgan fingerprint density at radius 3 is 2.65 bits per heavy atom. The molecule has 0 radical (unpaired) electrons. The molecule has 1 aliphatic rings. The normalized spacial score (nSPS) is 18.9. The van der Waals surface area contributed by atoms with Gasteiger partial charge < -0.3 is 4.90 Å². The predicted octanol–water partition coefficient (Wildman–Crippen LogP) is 2.94. The second kappa shape index (κ2) is 6.11. The Balaban J connectivity index is 2.20. The largest absolute Gasteiger partial charge is 0.335 e. The zero-order valence-electron chi connectivity index (χ0n) is 11.4. The monoisotopic (exact) mass is 281 g/mol. The van der Waals surface area contributed by atoms with Gasteiger partial charge in [0.25, 0.3) is 5.91 Å². The summed E-state index contributed by atoms with van der Waals surface area (Å²) >= 11 is 0. The molecular formula is C15H17F2NO2. The summed E-state index contributed by atoms with van der Waals surface area (Å²) in [6.45, 7) is 2.05. The van der Waals surface area contributed by atoms with Crippen LogP contribution in [-0.4, -0.2) is 29.2 Å². The van der Waals surface area contributed by atoms with E-state index in [1.54, 1.807) is 4.90 Å². The molecule has 1 aromatic rings. The lowest BCUT2D eigenvalue weighted by atomic mass is 9.97. The van der Waals surface area contributed by atoms with Gasteiger partial charge in [-0.2, -0.15) is 0 Å². The molecule has 3 nitrogen and oxygen atoms in total. The highest BCUT2D eigenvalue weighted by Crippen LogP contribution is 2.22. The van der Waals surface area contributed by atoms with Crippen LogP contribution in [0, 0.1) is 11.6 Å². The van der Waals surface area contributed by atoms with Crippen molar-refractivity contribution in [2.45, 2.75) is 38.6 Å². The van der Waals surface area contributed by atoms with E-state index in [9.17, 15) is 18.4 Å². The van der Waals surface area contributed by atoms with E-state index in [0.717, 1.165) is 31.4 Å². The third-order valence-corrected chi connectivity index (χ3v) is 3.58. The highest BCUT2D eigenvalue weighted by molar-refractivity contribution is 5.94. The van der Waals surface area contributed by atoms with Crippen LogP contribution in [0.1, 0.15) is 43.0 Å². The quantitative estimate of drug-likeness (QED) is 0.854. The van der Waals surface area contributed by atoms with Crippen LogP contribution >= 0.6 is 0 Å². The van der Waals surface area contributed by atoms with Crippen LogP contribution in [0.3, 0.4) is 0 Å². The number of hydrogen-bond acceptors (Lipinski definition) is 2. The molecule has 1 aliphatic heterocycles. The Morgan fingerprint density at radius 1 is 1.25 bits per heavy atom. The molecule has 1 atom stereocenters. The Hall–Kier alpha value is -1.78. The molecule has 0 saturated carbocycles. The van der Waals surface area contributed by atoms with Crippen LogP contribution in [0.2, 0.25) is 0 Å². The Kier molecular flexibility index (Phi) is 4.47. The average molecular weight is 281 g/mol. The van der Waals surface area contributed by atoms with Crippen molar-refractivity contribution in [1.82, 2.24) is 4.90 Å². The van der Waals surface area contributed by atoms with Gasteiger partial charge in [-0.25, -0.2) is 8.78 Å². The van der Waals surface area contributed by atoms with Gasteiger partial charge in [0.15, 0.2) is 11.6 Å².